The Bertz CT molecular complexity index is 504. The van der Waals surface area contributed by atoms with Gasteiger partial charge in [0.1, 0.15) is 11.5 Å². The van der Waals surface area contributed by atoms with Crippen molar-refractivity contribution in [1.29, 1.82) is 0 Å². The minimum absolute atomic E-state index is 0.484. The number of benzene rings is 1. The SMILES string of the molecule is COc1ccc(Oc2nnc(Br)s2)c(Br)c1. The zero-order valence-electron chi connectivity index (χ0n) is 8.11. The maximum atomic E-state index is 5.54. The average Bonchev–Trinajstić information content (AvgIpc) is 2.67. The molecule has 84 valence electrons. The van der Waals surface area contributed by atoms with Crippen molar-refractivity contribution in [3.8, 4) is 16.7 Å². The zero-order chi connectivity index (χ0) is 11.5. The average molecular weight is 366 g/mol. The van der Waals surface area contributed by atoms with Gasteiger partial charge in [-0.1, -0.05) is 5.10 Å². The number of rotatable bonds is 3. The highest BCUT2D eigenvalue weighted by molar-refractivity contribution is 9.11. The van der Waals surface area contributed by atoms with Crippen molar-refractivity contribution in [3.63, 3.8) is 0 Å². The summed E-state index contributed by atoms with van der Waals surface area (Å²) in [6, 6.07) is 5.44. The van der Waals surface area contributed by atoms with Crippen LogP contribution in [0.1, 0.15) is 0 Å². The normalized spacial score (nSPS) is 10.2. The molecule has 1 aromatic heterocycles. The first kappa shape index (κ1) is 11.8. The summed E-state index contributed by atoms with van der Waals surface area (Å²) in [4.78, 5) is 0. The second-order valence-corrected chi connectivity index (χ2v) is 5.79. The molecule has 0 aliphatic carbocycles. The first-order chi connectivity index (χ1) is 7.69. The van der Waals surface area contributed by atoms with Crippen LogP contribution in [0, 0.1) is 0 Å². The van der Waals surface area contributed by atoms with Crippen molar-refractivity contribution in [2.45, 2.75) is 0 Å². The van der Waals surface area contributed by atoms with Gasteiger partial charge < -0.3 is 9.47 Å². The predicted octanol–water partition coefficient (Wildman–Crippen LogP) is 3.86. The monoisotopic (exact) mass is 364 g/mol. The molecule has 0 spiro atoms. The van der Waals surface area contributed by atoms with Crippen molar-refractivity contribution in [3.05, 3.63) is 26.6 Å². The summed E-state index contributed by atoms with van der Waals surface area (Å²) in [6.45, 7) is 0. The summed E-state index contributed by atoms with van der Waals surface area (Å²) in [6.07, 6.45) is 0. The van der Waals surface area contributed by atoms with Gasteiger partial charge in [0.15, 0.2) is 3.92 Å². The molecule has 0 aliphatic heterocycles. The Morgan fingerprint density at radius 1 is 1.25 bits per heavy atom. The van der Waals surface area contributed by atoms with Crippen LogP contribution in [0.5, 0.6) is 16.7 Å². The van der Waals surface area contributed by atoms with E-state index in [2.05, 4.69) is 42.1 Å². The molecule has 0 bridgehead atoms. The van der Waals surface area contributed by atoms with Crippen molar-refractivity contribution < 1.29 is 9.47 Å². The molecule has 7 heteroatoms. The van der Waals surface area contributed by atoms with E-state index in [4.69, 9.17) is 9.47 Å². The fourth-order valence-corrected chi connectivity index (χ4v) is 2.39. The van der Waals surface area contributed by atoms with E-state index in [0.717, 1.165) is 10.2 Å². The molecule has 16 heavy (non-hydrogen) atoms. The molecule has 0 amide bonds. The van der Waals surface area contributed by atoms with E-state index in [1.807, 2.05) is 12.1 Å². The lowest BCUT2D eigenvalue weighted by molar-refractivity contribution is 0.412. The maximum Gasteiger partial charge on any atom is 0.300 e. The Morgan fingerprint density at radius 2 is 2.06 bits per heavy atom. The van der Waals surface area contributed by atoms with Gasteiger partial charge in [-0.2, -0.15) is 0 Å². The number of aromatic nitrogens is 2. The Hall–Kier alpha value is -0.660. The summed E-state index contributed by atoms with van der Waals surface area (Å²) in [5, 5.41) is 8.12. The Balaban J connectivity index is 2.21. The first-order valence-electron chi connectivity index (χ1n) is 4.19. The van der Waals surface area contributed by atoms with Gasteiger partial charge in [0.2, 0.25) is 0 Å². The molecule has 4 nitrogen and oxygen atoms in total. The van der Waals surface area contributed by atoms with E-state index in [-0.39, 0.29) is 0 Å². The van der Waals surface area contributed by atoms with Crippen LogP contribution in [-0.4, -0.2) is 17.3 Å². The third-order valence-corrected chi connectivity index (χ3v) is 3.57. The molecule has 0 aliphatic rings. The van der Waals surface area contributed by atoms with Crippen LogP contribution in [0.25, 0.3) is 0 Å². The summed E-state index contributed by atoms with van der Waals surface area (Å²) < 4.78 is 12.1. The van der Waals surface area contributed by atoms with Gasteiger partial charge in [-0.3, -0.25) is 0 Å². The largest absolute Gasteiger partial charge is 0.497 e. The molecule has 0 saturated carbocycles. The van der Waals surface area contributed by atoms with E-state index in [1.54, 1.807) is 13.2 Å². The Morgan fingerprint density at radius 3 is 2.62 bits per heavy atom. The van der Waals surface area contributed by atoms with Crippen LogP contribution in [-0.2, 0) is 0 Å². The summed E-state index contributed by atoms with van der Waals surface area (Å²) >= 11 is 7.93. The lowest BCUT2D eigenvalue weighted by Gasteiger charge is -2.05. The highest BCUT2D eigenvalue weighted by Crippen LogP contribution is 2.34. The fraction of sp³-hybridized carbons (Fsp3) is 0.111. The molecular weight excluding hydrogens is 360 g/mol. The van der Waals surface area contributed by atoms with Crippen molar-refractivity contribution >= 4 is 43.2 Å². The van der Waals surface area contributed by atoms with Crippen LogP contribution >= 0.6 is 43.2 Å². The molecule has 1 aromatic carbocycles. The number of halogens is 2. The first-order valence-corrected chi connectivity index (χ1v) is 6.59. The molecule has 0 fully saturated rings. The van der Waals surface area contributed by atoms with Gasteiger partial charge >= 0.3 is 0 Å². The summed E-state index contributed by atoms with van der Waals surface area (Å²) in [7, 11) is 1.62. The molecule has 0 unspecified atom stereocenters. The smallest absolute Gasteiger partial charge is 0.300 e. The molecule has 2 rings (SSSR count). The van der Waals surface area contributed by atoms with Gasteiger partial charge in [0, 0.05) is 0 Å². The summed E-state index contributed by atoms with van der Waals surface area (Å²) in [5.41, 5.74) is 0. The summed E-state index contributed by atoms with van der Waals surface area (Å²) in [5.74, 6) is 1.43. The number of hydrogen-bond donors (Lipinski definition) is 0. The number of ether oxygens (including phenoxy) is 2. The van der Waals surface area contributed by atoms with Crippen LogP contribution in [0.2, 0.25) is 0 Å². The van der Waals surface area contributed by atoms with E-state index >= 15 is 0 Å². The highest BCUT2D eigenvalue weighted by atomic mass is 79.9. The quantitative estimate of drug-likeness (QED) is 0.828. The van der Waals surface area contributed by atoms with E-state index in [9.17, 15) is 0 Å². The van der Waals surface area contributed by atoms with Crippen molar-refractivity contribution in [2.24, 2.45) is 0 Å². The van der Waals surface area contributed by atoms with Crippen LogP contribution < -0.4 is 9.47 Å². The van der Waals surface area contributed by atoms with Crippen LogP contribution in [0.3, 0.4) is 0 Å². The van der Waals surface area contributed by atoms with Crippen LogP contribution in [0.4, 0.5) is 0 Å². The lowest BCUT2D eigenvalue weighted by Crippen LogP contribution is -1.87. The fourth-order valence-electron chi connectivity index (χ4n) is 1.02. The molecule has 2 aromatic rings. The predicted molar refractivity (Wildman–Crippen MR) is 68.4 cm³/mol. The topological polar surface area (TPSA) is 44.2 Å². The van der Waals surface area contributed by atoms with Gasteiger partial charge in [0.05, 0.1) is 11.6 Å². The van der Waals surface area contributed by atoms with Crippen LogP contribution in [0.15, 0.2) is 26.6 Å². The van der Waals surface area contributed by atoms with Gasteiger partial charge in [-0.05, 0) is 61.4 Å². The van der Waals surface area contributed by atoms with Crippen molar-refractivity contribution in [2.75, 3.05) is 7.11 Å². The van der Waals surface area contributed by atoms with Gasteiger partial charge in [-0.15, -0.1) is 5.10 Å². The number of hydrogen-bond acceptors (Lipinski definition) is 5. The maximum absolute atomic E-state index is 5.54. The Labute approximate surface area is 113 Å². The second-order valence-electron chi connectivity index (χ2n) is 2.72. The highest BCUT2D eigenvalue weighted by Gasteiger charge is 2.08. The molecule has 0 saturated heterocycles. The zero-order valence-corrected chi connectivity index (χ0v) is 12.1. The van der Waals surface area contributed by atoms with Crippen molar-refractivity contribution in [1.82, 2.24) is 10.2 Å². The number of nitrogens with zero attached hydrogens (tertiary/aromatic N) is 2. The van der Waals surface area contributed by atoms with Gasteiger partial charge in [-0.25, -0.2) is 0 Å². The third kappa shape index (κ3) is 2.72. The minimum Gasteiger partial charge on any atom is -0.497 e. The second kappa shape index (κ2) is 5.11. The molecule has 0 radical (unpaired) electrons. The third-order valence-electron chi connectivity index (χ3n) is 1.72. The van der Waals surface area contributed by atoms with Gasteiger partial charge in [0.25, 0.3) is 5.19 Å². The van der Waals surface area contributed by atoms with E-state index < -0.39 is 0 Å². The molecule has 0 N–H and O–H groups in total. The molecule has 1 heterocycles. The lowest BCUT2D eigenvalue weighted by atomic mass is 10.3. The molecule has 0 atom stereocenters. The number of methoxy groups -OCH3 is 1. The minimum atomic E-state index is 0.484. The standard InChI is InChI=1S/C9H6Br2N2O2S/c1-14-5-2-3-7(6(10)4-5)15-9-13-12-8(11)16-9/h2-4H,1H3. The van der Waals surface area contributed by atoms with E-state index in [1.165, 1.54) is 11.3 Å². The molecular formula is C9H6Br2N2O2S. The van der Waals surface area contributed by atoms with E-state index in [0.29, 0.717) is 14.9 Å². The Kier molecular flexibility index (Phi) is 3.78.